The van der Waals surface area contributed by atoms with E-state index in [9.17, 15) is 4.39 Å². The number of fused-ring (bicyclic) bond motifs is 1. The molecule has 2 heterocycles. The van der Waals surface area contributed by atoms with E-state index in [1.54, 1.807) is 24.4 Å². The Kier molecular flexibility index (Phi) is 2.41. The van der Waals surface area contributed by atoms with Gasteiger partial charge >= 0.3 is 0 Å². The standard InChI is InChI=1S/C12H8ClFN4/c13-7-3-1-4-8(14)10(7)18-11-9(17-12(18)15)5-2-6-16-11/h1-6H,(H2,15,17). The molecule has 0 unspecified atom stereocenters. The van der Waals surface area contributed by atoms with E-state index in [0.717, 1.165) is 0 Å². The van der Waals surface area contributed by atoms with E-state index in [4.69, 9.17) is 17.3 Å². The third-order valence-corrected chi connectivity index (χ3v) is 2.91. The number of imidazole rings is 1. The van der Waals surface area contributed by atoms with Crippen LogP contribution in [0.4, 0.5) is 10.3 Å². The fraction of sp³-hybridized carbons (Fsp3) is 0. The summed E-state index contributed by atoms with van der Waals surface area (Å²) in [5.74, 6) is -0.324. The van der Waals surface area contributed by atoms with Crippen molar-refractivity contribution in [2.24, 2.45) is 0 Å². The molecule has 3 rings (SSSR count). The second-order valence-electron chi connectivity index (χ2n) is 3.72. The number of anilines is 1. The summed E-state index contributed by atoms with van der Waals surface area (Å²) in [6.07, 6.45) is 1.59. The highest BCUT2D eigenvalue weighted by Gasteiger charge is 2.16. The van der Waals surface area contributed by atoms with Gasteiger partial charge in [-0.2, -0.15) is 0 Å². The lowest BCUT2D eigenvalue weighted by atomic mass is 10.3. The molecule has 0 atom stereocenters. The monoisotopic (exact) mass is 262 g/mol. The lowest BCUT2D eigenvalue weighted by Crippen LogP contribution is -2.04. The zero-order valence-corrected chi connectivity index (χ0v) is 9.89. The topological polar surface area (TPSA) is 56.7 Å². The molecule has 90 valence electrons. The summed E-state index contributed by atoms with van der Waals surface area (Å²) < 4.78 is 15.3. The molecule has 2 N–H and O–H groups in total. The molecule has 2 aromatic heterocycles. The van der Waals surface area contributed by atoms with Crippen LogP contribution < -0.4 is 5.73 Å². The van der Waals surface area contributed by atoms with Gasteiger partial charge in [-0.05, 0) is 24.3 Å². The van der Waals surface area contributed by atoms with E-state index < -0.39 is 5.82 Å². The fourth-order valence-corrected chi connectivity index (χ4v) is 2.10. The van der Waals surface area contributed by atoms with Crippen LogP contribution in [0.2, 0.25) is 5.02 Å². The first kappa shape index (κ1) is 11.0. The molecule has 1 aromatic carbocycles. The molecule has 0 saturated heterocycles. The van der Waals surface area contributed by atoms with Crippen LogP contribution in [0.5, 0.6) is 0 Å². The number of nitrogen functional groups attached to an aromatic ring is 1. The Morgan fingerprint density at radius 2 is 2.06 bits per heavy atom. The predicted molar refractivity (Wildman–Crippen MR) is 68.2 cm³/mol. The summed E-state index contributed by atoms with van der Waals surface area (Å²) in [5, 5.41) is 0.256. The van der Waals surface area contributed by atoms with Gasteiger partial charge in [0.2, 0.25) is 5.95 Å². The number of rotatable bonds is 1. The Labute approximate surface area is 107 Å². The molecule has 4 nitrogen and oxygen atoms in total. The second-order valence-corrected chi connectivity index (χ2v) is 4.13. The van der Waals surface area contributed by atoms with Crippen molar-refractivity contribution in [3.05, 3.63) is 47.4 Å². The highest BCUT2D eigenvalue weighted by Crippen LogP contribution is 2.28. The summed E-state index contributed by atoms with van der Waals surface area (Å²) >= 11 is 6.02. The van der Waals surface area contributed by atoms with Gasteiger partial charge in [-0.1, -0.05) is 17.7 Å². The Bertz CT molecular complexity index is 718. The minimum Gasteiger partial charge on any atom is -0.369 e. The van der Waals surface area contributed by atoms with E-state index in [0.29, 0.717) is 11.2 Å². The van der Waals surface area contributed by atoms with Crippen LogP contribution in [-0.2, 0) is 0 Å². The zero-order valence-electron chi connectivity index (χ0n) is 9.14. The Morgan fingerprint density at radius 1 is 1.22 bits per heavy atom. The number of halogens is 2. The van der Waals surface area contributed by atoms with Gasteiger partial charge in [0.1, 0.15) is 17.0 Å². The summed E-state index contributed by atoms with van der Waals surface area (Å²) in [6.45, 7) is 0. The second kappa shape index (κ2) is 3.96. The van der Waals surface area contributed by atoms with E-state index >= 15 is 0 Å². The van der Waals surface area contributed by atoms with Crippen LogP contribution in [0.3, 0.4) is 0 Å². The molecular weight excluding hydrogens is 255 g/mol. The fourth-order valence-electron chi connectivity index (χ4n) is 1.85. The van der Waals surface area contributed by atoms with E-state index in [2.05, 4.69) is 9.97 Å². The minimum absolute atomic E-state index is 0.149. The van der Waals surface area contributed by atoms with Crippen molar-refractivity contribution < 1.29 is 4.39 Å². The van der Waals surface area contributed by atoms with Crippen LogP contribution in [0.25, 0.3) is 16.9 Å². The van der Waals surface area contributed by atoms with E-state index in [-0.39, 0.29) is 16.7 Å². The minimum atomic E-state index is -0.473. The quantitative estimate of drug-likeness (QED) is 0.734. The predicted octanol–water partition coefficient (Wildman–Crippen LogP) is 2.80. The van der Waals surface area contributed by atoms with Gasteiger partial charge in [0.25, 0.3) is 0 Å². The van der Waals surface area contributed by atoms with Gasteiger partial charge < -0.3 is 5.73 Å². The molecule has 3 aromatic rings. The van der Waals surface area contributed by atoms with Crippen LogP contribution in [0.15, 0.2) is 36.5 Å². The maximum absolute atomic E-state index is 13.9. The van der Waals surface area contributed by atoms with Crippen molar-refractivity contribution in [3.8, 4) is 5.69 Å². The molecule has 0 spiro atoms. The van der Waals surface area contributed by atoms with Crippen molar-refractivity contribution in [1.82, 2.24) is 14.5 Å². The van der Waals surface area contributed by atoms with Gasteiger partial charge in [-0.15, -0.1) is 0 Å². The average molecular weight is 263 g/mol. The molecule has 0 saturated carbocycles. The third-order valence-electron chi connectivity index (χ3n) is 2.60. The molecule has 0 fully saturated rings. The molecule has 0 amide bonds. The van der Waals surface area contributed by atoms with Gasteiger partial charge in [0, 0.05) is 6.20 Å². The summed E-state index contributed by atoms with van der Waals surface area (Å²) in [4.78, 5) is 8.28. The number of pyridine rings is 1. The van der Waals surface area contributed by atoms with Gasteiger partial charge in [0.05, 0.1) is 5.02 Å². The Balaban J connectivity index is 2.42. The first-order valence-corrected chi connectivity index (χ1v) is 5.59. The van der Waals surface area contributed by atoms with Crippen molar-refractivity contribution in [3.63, 3.8) is 0 Å². The smallest absolute Gasteiger partial charge is 0.207 e. The van der Waals surface area contributed by atoms with E-state index in [1.807, 2.05) is 0 Å². The van der Waals surface area contributed by atoms with Crippen LogP contribution in [-0.4, -0.2) is 14.5 Å². The first-order chi connectivity index (χ1) is 8.68. The number of benzene rings is 1. The third kappa shape index (κ3) is 1.52. The van der Waals surface area contributed by atoms with Crippen molar-refractivity contribution in [1.29, 1.82) is 0 Å². The van der Waals surface area contributed by atoms with Crippen LogP contribution >= 0.6 is 11.6 Å². The lowest BCUT2D eigenvalue weighted by Gasteiger charge is -2.08. The number of nitrogens with two attached hydrogens (primary N) is 1. The average Bonchev–Trinajstić information content (AvgIpc) is 2.66. The van der Waals surface area contributed by atoms with Crippen LogP contribution in [0, 0.1) is 5.82 Å². The number of nitrogens with zero attached hydrogens (tertiary/aromatic N) is 3. The highest BCUT2D eigenvalue weighted by molar-refractivity contribution is 6.32. The molecule has 0 aliphatic carbocycles. The Hall–Kier alpha value is -2.14. The van der Waals surface area contributed by atoms with Crippen LogP contribution in [0.1, 0.15) is 0 Å². The molecule has 0 bridgehead atoms. The van der Waals surface area contributed by atoms with Gasteiger partial charge in [-0.25, -0.2) is 14.4 Å². The highest BCUT2D eigenvalue weighted by atomic mass is 35.5. The van der Waals surface area contributed by atoms with Crippen molar-refractivity contribution in [2.45, 2.75) is 0 Å². The molecule has 18 heavy (non-hydrogen) atoms. The summed E-state index contributed by atoms with van der Waals surface area (Å²) in [7, 11) is 0. The molecule has 0 radical (unpaired) electrons. The van der Waals surface area contributed by atoms with Gasteiger partial charge in [-0.3, -0.25) is 4.57 Å². The zero-order chi connectivity index (χ0) is 12.7. The molecule has 0 aliphatic heterocycles. The van der Waals surface area contributed by atoms with Gasteiger partial charge in [0.15, 0.2) is 5.65 Å². The maximum Gasteiger partial charge on any atom is 0.207 e. The Morgan fingerprint density at radius 3 is 2.83 bits per heavy atom. The van der Waals surface area contributed by atoms with Crippen molar-refractivity contribution in [2.75, 3.05) is 5.73 Å². The summed E-state index contributed by atoms with van der Waals surface area (Å²) in [5.41, 5.74) is 7.04. The SMILES string of the molecule is Nc1nc2cccnc2n1-c1c(F)cccc1Cl. The number of para-hydroxylation sites is 1. The number of hydrogen-bond acceptors (Lipinski definition) is 3. The largest absolute Gasteiger partial charge is 0.369 e. The molecule has 0 aliphatic rings. The van der Waals surface area contributed by atoms with Crippen molar-refractivity contribution >= 4 is 28.7 Å². The number of hydrogen-bond donors (Lipinski definition) is 1. The lowest BCUT2D eigenvalue weighted by molar-refractivity contribution is 0.620. The maximum atomic E-state index is 13.9. The summed E-state index contributed by atoms with van der Waals surface area (Å²) in [6, 6.07) is 7.93. The molecular formula is C12H8ClFN4. The van der Waals surface area contributed by atoms with E-state index in [1.165, 1.54) is 16.7 Å². The molecule has 6 heteroatoms. The normalized spacial score (nSPS) is 11.0. The first-order valence-electron chi connectivity index (χ1n) is 5.22. The number of aromatic nitrogens is 3.